The van der Waals surface area contributed by atoms with E-state index in [4.69, 9.17) is 0 Å². The molecule has 1 aliphatic heterocycles. The molecular formula is C15H14ClF4N3OS. The number of benzene rings is 1. The van der Waals surface area contributed by atoms with E-state index >= 15 is 0 Å². The second kappa shape index (κ2) is 7.67. The first-order chi connectivity index (χ1) is 11.3. The number of carbonyl (C=O) groups is 1. The van der Waals surface area contributed by atoms with Crippen LogP contribution in [0.25, 0.3) is 0 Å². The number of halogens is 5. The summed E-state index contributed by atoms with van der Waals surface area (Å²) >= 11 is 1.15. The lowest BCUT2D eigenvalue weighted by molar-refractivity contribution is -0.118. The summed E-state index contributed by atoms with van der Waals surface area (Å²) in [6.45, 7) is -0.523. The SMILES string of the molecule is Cl.O=C(Nc1ncc(Cc2ccc(F)c(F)c2)s1)C1CC(F)(F)CN1. The van der Waals surface area contributed by atoms with Crippen molar-refractivity contribution in [3.8, 4) is 0 Å². The highest BCUT2D eigenvalue weighted by Crippen LogP contribution is 2.27. The van der Waals surface area contributed by atoms with Crippen LogP contribution in [0.4, 0.5) is 22.7 Å². The Kier molecular flexibility index (Phi) is 6.02. The van der Waals surface area contributed by atoms with Crippen molar-refractivity contribution in [3.05, 3.63) is 46.5 Å². The van der Waals surface area contributed by atoms with Crippen LogP contribution in [-0.4, -0.2) is 29.4 Å². The van der Waals surface area contributed by atoms with Crippen molar-refractivity contribution in [2.24, 2.45) is 0 Å². The van der Waals surface area contributed by atoms with Gasteiger partial charge in [0.15, 0.2) is 16.8 Å². The number of nitrogens with zero attached hydrogens (tertiary/aromatic N) is 1. The topological polar surface area (TPSA) is 54.0 Å². The van der Waals surface area contributed by atoms with Crippen LogP contribution < -0.4 is 10.6 Å². The summed E-state index contributed by atoms with van der Waals surface area (Å²) in [5.74, 6) is -5.31. The molecular weight excluding hydrogens is 382 g/mol. The Hall–Kier alpha value is -1.71. The third kappa shape index (κ3) is 4.90. The van der Waals surface area contributed by atoms with Crippen molar-refractivity contribution in [3.63, 3.8) is 0 Å². The molecule has 1 aliphatic rings. The molecule has 1 aromatic heterocycles. The van der Waals surface area contributed by atoms with Gasteiger partial charge < -0.3 is 5.32 Å². The van der Waals surface area contributed by atoms with Gasteiger partial charge in [0, 0.05) is 23.9 Å². The Balaban J connectivity index is 0.00000225. The number of aromatic nitrogens is 1. The van der Waals surface area contributed by atoms with Crippen LogP contribution in [-0.2, 0) is 11.2 Å². The van der Waals surface area contributed by atoms with E-state index in [1.807, 2.05) is 0 Å². The molecule has 1 fully saturated rings. The minimum Gasteiger partial charge on any atom is -0.301 e. The molecule has 25 heavy (non-hydrogen) atoms. The van der Waals surface area contributed by atoms with Crippen molar-refractivity contribution in [2.75, 3.05) is 11.9 Å². The Morgan fingerprint density at radius 1 is 1.36 bits per heavy atom. The fourth-order valence-electron chi connectivity index (χ4n) is 2.39. The van der Waals surface area contributed by atoms with Gasteiger partial charge in [-0.2, -0.15) is 0 Å². The minimum absolute atomic E-state index is 0. The maximum atomic E-state index is 13.2. The maximum Gasteiger partial charge on any atom is 0.262 e. The quantitative estimate of drug-likeness (QED) is 0.780. The molecule has 1 saturated heterocycles. The molecule has 10 heteroatoms. The molecule has 2 heterocycles. The van der Waals surface area contributed by atoms with Crippen molar-refractivity contribution >= 4 is 34.8 Å². The fourth-order valence-corrected chi connectivity index (χ4v) is 3.24. The third-order valence-corrected chi connectivity index (χ3v) is 4.49. The van der Waals surface area contributed by atoms with Gasteiger partial charge >= 0.3 is 0 Å². The number of carbonyl (C=O) groups excluding carboxylic acids is 1. The zero-order valence-corrected chi connectivity index (χ0v) is 14.3. The summed E-state index contributed by atoms with van der Waals surface area (Å²) < 4.78 is 52.3. The number of anilines is 1. The third-order valence-electron chi connectivity index (χ3n) is 3.57. The summed E-state index contributed by atoms with van der Waals surface area (Å²) in [6.07, 6.45) is 1.27. The van der Waals surface area contributed by atoms with E-state index in [0.717, 1.165) is 28.3 Å². The van der Waals surface area contributed by atoms with Crippen LogP contribution in [0.1, 0.15) is 16.9 Å². The predicted octanol–water partition coefficient (Wildman–Crippen LogP) is 3.37. The molecule has 1 unspecified atom stereocenters. The second-order valence-corrected chi connectivity index (χ2v) is 6.65. The summed E-state index contributed by atoms with van der Waals surface area (Å²) in [7, 11) is 0. The van der Waals surface area contributed by atoms with E-state index in [9.17, 15) is 22.4 Å². The molecule has 2 N–H and O–H groups in total. The number of hydrogen-bond acceptors (Lipinski definition) is 4. The van der Waals surface area contributed by atoms with Gasteiger partial charge in [-0.15, -0.1) is 23.7 Å². The van der Waals surface area contributed by atoms with Gasteiger partial charge in [-0.1, -0.05) is 6.07 Å². The minimum atomic E-state index is -2.89. The highest BCUT2D eigenvalue weighted by atomic mass is 35.5. The van der Waals surface area contributed by atoms with Crippen LogP contribution in [0.15, 0.2) is 24.4 Å². The molecule has 4 nitrogen and oxygen atoms in total. The lowest BCUT2D eigenvalue weighted by atomic mass is 10.1. The Morgan fingerprint density at radius 2 is 2.12 bits per heavy atom. The Bertz CT molecular complexity index is 771. The van der Waals surface area contributed by atoms with Gasteiger partial charge in [0.1, 0.15) is 0 Å². The zero-order valence-electron chi connectivity index (χ0n) is 12.7. The number of amides is 1. The number of alkyl halides is 2. The molecule has 1 atom stereocenters. The highest BCUT2D eigenvalue weighted by molar-refractivity contribution is 7.15. The molecule has 0 radical (unpaired) electrons. The Morgan fingerprint density at radius 3 is 2.76 bits per heavy atom. The molecule has 0 saturated carbocycles. The first-order valence-electron chi connectivity index (χ1n) is 7.13. The van der Waals surface area contributed by atoms with E-state index in [1.165, 1.54) is 12.3 Å². The van der Waals surface area contributed by atoms with E-state index in [2.05, 4.69) is 15.6 Å². The largest absolute Gasteiger partial charge is 0.301 e. The van der Waals surface area contributed by atoms with Gasteiger partial charge in [-0.05, 0) is 17.7 Å². The lowest BCUT2D eigenvalue weighted by Gasteiger charge is -2.08. The molecule has 2 aromatic rings. The van der Waals surface area contributed by atoms with Crippen LogP contribution in [0.3, 0.4) is 0 Å². The number of nitrogens with one attached hydrogen (secondary N) is 2. The highest BCUT2D eigenvalue weighted by Gasteiger charge is 2.42. The number of rotatable bonds is 4. The predicted molar refractivity (Wildman–Crippen MR) is 88.5 cm³/mol. The summed E-state index contributed by atoms with van der Waals surface area (Å²) in [6, 6.07) is 2.64. The van der Waals surface area contributed by atoms with Crippen LogP contribution in [0.5, 0.6) is 0 Å². The van der Waals surface area contributed by atoms with Gasteiger partial charge in [0.25, 0.3) is 5.92 Å². The summed E-state index contributed by atoms with van der Waals surface area (Å²) in [5.41, 5.74) is 0.563. The maximum absolute atomic E-state index is 13.2. The summed E-state index contributed by atoms with van der Waals surface area (Å²) in [5, 5.41) is 5.22. The normalized spacial score (nSPS) is 18.6. The smallest absolute Gasteiger partial charge is 0.262 e. The van der Waals surface area contributed by atoms with Crippen molar-refractivity contribution in [1.29, 1.82) is 0 Å². The van der Waals surface area contributed by atoms with E-state index < -0.39 is 42.5 Å². The van der Waals surface area contributed by atoms with Crippen LogP contribution >= 0.6 is 23.7 Å². The number of thiazole rings is 1. The van der Waals surface area contributed by atoms with E-state index in [1.54, 1.807) is 0 Å². The van der Waals surface area contributed by atoms with Gasteiger partial charge in [-0.25, -0.2) is 22.5 Å². The van der Waals surface area contributed by atoms with E-state index in [0.29, 0.717) is 12.0 Å². The summed E-state index contributed by atoms with van der Waals surface area (Å²) in [4.78, 5) is 16.6. The van der Waals surface area contributed by atoms with Crippen LogP contribution in [0.2, 0.25) is 0 Å². The van der Waals surface area contributed by atoms with Gasteiger partial charge in [0.05, 0.1) is 12.6 Å². The molecule has 0 bridgehead atoms. The lowest BCUT2D eigenvalue weighted by Crippen LogP contribution is -2.35. The Labute approximate surface area is 151 Å². The van der Waals surface area contributed by atoms with E-state index in [-0.39, 0.29) is 17.5 Å². The molecule has 0 spiro atoms. The standard InChI is InChI=1S/C15H13F4N3OS.ClH/c16-10-2-1-8(4-11(10)17)3-9-6-20-14(24-9)22-13(23)12-5-15(18,19)7-21-12;/h1-2,4,6,12,21H,3,5,7H2,(H,20,22,23);1H. The average Bonchev–Trinajstić information content (AvgIpc) is 3.09. The molecule has 1 amide bonds. The van der Waals surface area contributed by atoms with Gasteiger partial charge in [0.2, 0.25) is 5.91 Å². The average molecular weight is 396 g/mol. The second-order valence-electron chi connectivity index (χ2n) is 5.54. The molecule has 136 valence electrons. The monoisotopic (exact) mass is 395 g/mol. The molecule has 1 aromatic carbocycles. The number of hydrogen-bond donors (Lipinski definition) is 2. The fraction of sp³-hybridized carbons (Fsp3) is 0.333. The first kappa shape index (κ1) is 19.6. The zero-order chi connectivity index (χ0) is 17.3. The molecule has 3 rings (SSSR count). The van der Waals surface area contributed by atoms with Crippen molar-refractivity contribution < 1.29 is 22.4 Å². The molecule has 0 aliphatic carbocycles. The first-order valence-corrected chi connectivity index (χ1v) is 7.95. The van der Waals surface area contributed by atoms with Crippen molar-refractivity contribution in [2.45, 2.75) is 24.8 Å². The van der Waals surface area contributed by atoms with Gasteiger partial charge in [-0.3, -0.25) is 10.1 Å². The van der Waals surface area contributed by atoms with Crippen molar-refractivity contribution in [1.82, 2.24) is 10.3 Å². The van der Waals surface area contributed by atoms with Crippen LogP contribution in [0, 0.1) is 11.6 Å².